The van der Waals surface area contributed by atoms with Gasteiger partial charge in [-0.05, 0) is 29.7 Å². The molecule has 2 N–H and O–H groups in total. The van der Waals surface area contributed by atoms with Gasteiger partial charge < -0.3 is 24.3 Å². The Bertz CT molecular complexity index is 1580. The number of halogens is 3. The maximum atomic E-state index is 13.5. The largest absolute Gasteiger partial charge is 0.481 e. The van der Waals surface area contributed by atoms with E-state index >= 15 is 0 Å². The number of carboxylic acid groups (broad SMARTS) is 1. The van der Waals surface area contributed by atoms with Crippen molar-refractivity contribution in [3.05, 3.63) is 64.4 Å². The Morgan fingerprint density at radius 3 is 2.52 bits per heavy atom. The molecule has 0 spiro atoms. The Kier molecular flexibility index (Phi) is 6.57. The van der Waals surface area contributed by atoms with Crippen LogP contribution in [-0.4, -0.2) is 52.7 Å². The van der Waals surface area contributed by atoms with Gasteiger partial charge >= 0.3 is 24.2 Å². The van der Waals surface area contributed by atoms with Crippen molar-refractivity contribution in [3.8, 4) is 11.3 Å². The van der Waals surface area contributed by atoms with E-state index in [1.807, 2.05) is 0 Å². The van der Waals surface area contributed by atoms with Crippen LogP contribution in [0.3, 0.4) is 0 Å². The lowest BCUT2D eigenvalue weighted by molar-refractivity contribution is -0.164. The molecule has 3 atom stereocenters. The van der Waals surface area contributed by atoms with Gasteiger partial charge in [-0.15, -0.1) is 0 Å². The van der Waals surface area contributed by atoms with E-state index in [0.717, 1.165) is 6.07 Å². The molecule has 1 amide bonds. The zero-order valence-electron chi connectivity index (χ0n) is 21.2. The number of nitrogens with one attached hydrogen (secondary N) is 1. The van der Waals surface area contributed by atoms with Crippen molar-refractivity contribution in [2.24, 2.45) is 5.92 Å². The number of rotatable bonds is 6. The summed E-state index contributed by atoms with van der Waals surface area (Å²) >= 11 is 0. The summed E-state index contributed by atoms with van der Waals surface area (Å²) in [5.41, 5.74) is -1.50. The van der Waals surface area contributed by atoms with Crippen molar-refractivity contribution in [1.29, 1.82) is 0 Å². The first kappa shape index (κ1) is 27.2. The van der Waals surface area contributed by atoms with Gasteiger partial charge in [-0.3, -0.25) is 14.5 Å². The molecule has 210 valence electrons. The molecule has 3 aromatic rings. The molecule has 0 aliphatic carbocycles. The molecule has 2 aromatic carbocycles. The fraction of sp³-hybridized carbons (Fsp3) is 0.333. The van der Waals surface area contributed by atoms with Crippen LogP contribution >= 0.6 is 0 Å². The summed E-state index contributed by atoms with van der Waals surface area (Å²) in [6, 6.07) is 10.7. The van der Waals surface area contributed by atoms with Gasteiger partial charge in [-0.2, -0.15) is 13.2 Å². The zero-order valence-corrected chi connectivity index (χ0v) is 21.2. The van der Waals surface area contributed by atoms with Gasteiger partial charge in [0, 0.05) is 42.6 Å². The SMILES string of the molecule is CC1(C)OC(=O)[C@@H](C(C[C@H]2CN(c3ccc4cc(-c5ccccc5C(F)(F)F)[nH]c(=O)c4c3)C(=O)O2)C(=O)O)O1. The van der Waals surface area contributed by atoms with Crippen LogP contribution in [0.4, 0.5) is 23.7 Å². The second-order valence-corrected chi connectivity index (χ2v) is 9.98. The van der Waals surface area contributed by atoms with Crippen molar-refractivity contribution >= 4 is 34.5 Å². The Balaban J connectivity index is 1.39. The number of aliphatic carboxylic acids is 1. The standard InChI is InChI=1S/C27H23F3N2O8/c1-26(2)39-21(24(36)40-26)18(23(34)35)11-15-12-32(25(37)38-15)14-8-7-13-9-20(31-22(33)17(13)10-14)16-5-3-4-6-19(16)27(28,29)30/h3-10,15,18,21H,11-12H2,1-2H3,(H,31,33)(H,34,35)/t15-,18?,21+/m0/s1. The minimum absolute atomic E-state index is 0.0191. The Morgan fingerprint density at radius 1 is 1.15 bits per heavy atom. The van der Waals surface area contributed by atoms with E-state index in [0.29, 0.717) is 5.39 Å². The molecular weight excluding hydrogens is 537 g/mol. The summed E-state index contributed by atoms with van der Waals surface area (Å²) in [7, 11) is 0. The third-order valence-corrected chi connectivity index (χ3v) is 6.73. The van der Waals surface area contributed by atoms with Gasteiger partial charge in [0.25, 0.3) is 5.56 Å². The number of carboxylic acids is 1. The summed E-state index contributed by atoms with van der Waals surface area (Å²) in [5.74, 6) is -4.79. The molecule has 13 heteroatoms. The lowest BCUT2D eigenvalue weighted by atomic mass is 9.95. The van der Waals surface area contributed by atoms with Crippen molar-refractivity contribution in [2.45, 2.75) is 44.4 Å². The van der Waals surface area contributed by atoms with E-state index in [4.69, 9.17) is 14.2 Å². The van der Waals surface area contributed by atoms with Gasteiger partial charge in [0.2, 0.25) is 5.79 Å². The molecule has 1 unspecified atom stereocenters. The summed E-state index contributed by atoms with van der Waals surface area (Å²) in [6.45, 7) is 2.87. The van der Waals surface area contributed by atoms with Gasteiger partial charge in [-0.1, -0.05) is 24.3 Å². The van der Waals surface area contributed by atoms with E-state index in [2.05, 4.69) is 4.98 Å². The first-order chi connectivity index (χ1) is 18.7. The van der Waals surface area contributed by atoms with Crippen LogP contribution in [0.15, 0.2) is 53.3 Å². The monoisotopic (exact) mass is 560 g/mol. The Labute approximate surface area is 224 Å². The van der Waals surface area contributed by atoms with Crippen LogP contribution in [-0.2, 0) is 30.0 Å². The molecule has 5 rings (SSSR count). The number of carbonyl (C=O) groups excluding carboxylic acids is 2. The number of aromatic amines is 1. The maximum absolute atomic E-state index is 13.5. The van der Waals surface area contributed by atoms with E-state index < -0.39 is 59.2 Å². The number of hydrogen-bond donors (Lipinski definition) is 2. The Morgan fingerprint density at radius 2 is 1.88 bits per heavy atom. The number of aromatic nitrogens is 1. The van der Waals surface area contributed by atoms with Crippen molar-refractivity contribution < 1.29 is 46.9 Å². The molecule has 2 aliphatic rings. The van der Waals surface area contributed by atoms with Gasteiger partial charge in [-0.25, -0.2) is 9.59 Å². The summed E-state index contributed by atoms with van der Waals surface area (Å²) in [6.07, 6.45) is -7.95. The maximum Gasteiger partial charge on any atom is 0.417 e. The van der Waals surface area contributed by atoms with Crippen LogP contribution < -0.4 is 10.5 Å². The molecule has 2 aliphatic heterocycles. The molecule has 1 aromatic heterocycles. The highest BCUT2D eigenvalue weighted by Gasteiger charge is 2.49. The average molecular weight is 560 g/mol. The smallest absolute Gasteiger partial charge is 0.417 e. The first-order valence-corrected chi connectivity index (χ1v) is 12.2. The topological polar surface area (TPSA) is 135 Å². The number of pyridine rings is 1. The van der Waals surface area contributed by atoms with Crippen LogP contribution in [0.5, 0.6) is 0 Å². The average Bonchev–Trinajstić information content (AvgIpc) is 3.38. The molecule has 0 saturated carbocycles. The number of anilines is 1. The molecule has 40 heavy (non-hydrogen) atoms. The highest BCUT2D eigenvalue weighted by Crippen LogP contribution is 2.37. The van der Waals surface area contributed by atoms with Gasteiger partial charge in [0.05, 0.1) is 18.0 Å². The quantitative estimate of drug-likeness (QED) is 0.426. The van der Waals surface area contributed by atoms with Crippen molar-refractivity contribution in [2.75, 3.05) is 11.4 Å². The van der Waals surface area contributed by atoms with E-state index in [-0.39, 0.29) is 35.3 Å². The van der Waals surface area contributed by atoms with Crippen LogP contribution in [0, 0.1) is 5.92 Å². The lowest BCUT2D eigenvalue weighted by Gasteiger charge is -2.20. The first-order valence-electron chi connectivity index (χ1n) is 12.2. The van der Waals surface area contributed by atoms with Gasteiger partial charge in [0.15, 0.2) is 6.10 Å². The summed E-state index contributed by atoms with van der Waals surface area (Å²) in [4.78, 5) is 53.3. The number of alkyl halides is 3. The second kappa shape index (κ2) is 9.66. The minimum atomic E-state index is -4.63. The predicted molar refractivity (Wildman–Crippen MR) is 133 cm³/mol. The van der Waals surface area contributed by atoms with E-state index in [1.165, 1.54) is 61.2 Å². The van der Waals surface area contributed by atoms with Crippen molar-refractivity contribution in [3.63, 3.8) is 0 Å². The van der Waals surface area contributed by atoms with Crippen LogP contribution in [0.2, 0.25) is 0 Å². The Hall–Kier alpha value is -4.39. The summed E-state index contributed by atoms with van der Waals surface area (Å²) in [5, 5.41) is 10.2. The second-order valence-electron chi connectivity index (χ2n) is 9.98. The number of carbonyl (C=O) groups is 3. The van der Waals surface area contributed by atoms with Crippen LogP contribution in [0.25, 0.3) is 22.0 Å². The normalized spacial score (nSPS) is 21.4. The van der Waals surface area contributed by atoms with Crippen molar-refractivity contribution in [1.82, 2.24) is 4.98 Å². The van der Waals surface area contributed by atoms with Gasteiger partial charge in [0.1, 0.15) is 6.10 Å². The third kappa shape index (κ3) is 5.11. The number of benzene rings is 2. The number of nitrogens with zero attached hydrogens (tertiary/aromatic N) is 1. The van der Waals surface area contributed by atoms with E-state index in [1.54, 1.807) is 0 Å². The number of esters is 1. The molecule has 0 bridgehead atoms. The number of fused-ring (bicyclic) bond motifs is 1. The minimum Gasteiger partial charge on any atom is -0.481 e. The molecule has 10 nitrogen and oxygen atoms in total. The fourth-order valence-corrected chi connectivity index (χ4v) is 4.94. The summed E-state index contributed by atoms with van der Waals surface area (Å²) < 4.78 is 56.4. The highest BCUT2D eigenvalue weighted by molar-refractivity contribution is 5.95. The number of H-pyrrole nitrogens is 1. The zero-order chi connectivity index (χ0) is 29.0. The van der Waals surface area contributed by atoms with Crippen LogP contribution in [0.1, 0.15) is 25.8 Å². The highest BCUT2D eigenvalue weighted by atomic mass is 19.4. The molecular formula is C27H23F3N2O8. The number of cyclic esters (lactones) is 2. The lowest BCUT2D eigenvalue weighted by Crippen LogP contribution is -2.37. The molecule has 3 heterocycles. The molecule has 0 radical (unpaired) electrons. The third-order valence-electron chi connectivity index (χ3n) is 6.73. The number of amides is 1. The fourth-order valence-electron chi connectivity index (χ4n) is 4.94. The molecule has 2 fully saturated rings. The number of hydrogen-bond acceptors (Lipinski definition) is 7. The number of ether oxygens (including phenoxy) is 3. The van der Waals surface area contributed by atoms with E-state index in [9.17, 15) is 37.5 Å². The molecule has 2 saturated heterocycles. The predicted octanol–water partition coefficient (Wildman–Crippen LogP) is 4.31.